The highest BCUT2D eigenvalue weighted by molar-refractivity contribution is 8.14. The van der Waals surface area contributed by atoms with Gasteiger partial charge in [0.1, 0.15) is 5.60 Å². The molecular formula is C12H20ClNO4S. The van der Waals surface area contributed by atoms with Crippen molar-refractivity contribution in [3.8, 4) is 0 Å². The fraction of sp³-hybridized carbons (Fsp3) is 0.917. The van der Waals surface area contributed by atoms with E-state index in [1.165, 1.54) is 0 Å². The number of nitrogens with zero attached hydrogens (tertiary/aromatic N) is 1. The van der Waals surface area contributed by atoms with Crippen molar-refractivity contribution in [1.29, 1.82) is 0 Å². The SMILES string of the molecule is CC(C)(C)OC(=O)N1CC2CCC1C(S(=O)(=O)Cl)C2. The molecule has 3 rings (SSSR count). The Hall–Kier alpha value is -0.490. The van der Waals surface area contributed by atoms with Crippen LogP contribution in [0.15, 0.2) is 0 Å². The number of amides is 1. The van der Waals surface area contributed by atoms with E-state index in [2.05, 4.69) is 0 Å². The number of hydrogen-bond donors (Lipinski definition) is 0. The Kier molecular flexibility index (Phi) is 3.77. The van der Waals surface area contributed by atoms with Crippen LogP contribution in [-0.4, -0.2) is 42.8 Å². The van der Waals surface area contributed by atoms with Crippen LogP contribution in [0.1, 0.15) is 40.0 Å². The average Bonchev–Trinajstić information content (AvgIpc) is 2.26. The van der Waals surface area contributed by atoms with Gasteiger partial charge in [-0.3, -0.25) is 0 Å². The second kappa shape index (κ2) is 4.81. The molecule has 7 heteroatoms. The van der Waals surface area contributed by atoms with E-state index in [1.807, 2.05) is 0 Å². The summed E-state index contributed by atoms with van der Waals surface area (Å²) in [4.78, 5) is 13.7. The first-order chi connectivity index (χ1) is 8.58. The Morgan fingerprint density at radius 3 is 2.42 bits per heavy atom. The molecule has 0 spiro atoms. The van der Waals surface area contributed by atoms with Crippen molar-refractivity contribution in [1.82, 2.24) is 4.90 Å². The van der Waals surface area contributed by atoms with Gasteiger partial charge in [0.05, 0.1) is 11.3 Å². The molecular weight excluding hydrogens is 290 g/mol. The molecule has 110 valence electrons. The molecule has 2 aliphatic heterocycles. The predicted molar refractivity (Wildman–Crippen MR) is 72.6 cm³/mol. The van der Waals surface area contributed by atoms with Crippen LogP contribution in [0.2, 0.25) is 0 Å². The minimum Gasteiger partial charge on any atom is -0.444 e. The first-order valence-electron chi connectivity index (χ1n) is 6.51. The zero-order valence-corrected chi connectivity index (χ0v) is 13.0. The van der Waals surface area contributed by atoms with Crippen LogP contribution in [0.3, 0.4) is 0 Å². The molecule has 1 aliphatic carbocycles. The minimum atomic E-state index is -3.64. The second-order valence-electron chi connectivity index (χ2n) is 6.39. The van der Waals surface area contributed by atoms with Gasteiger partial charge in [-0.05, 0) is 46.0 Å². The van der Waals surface area contributed by atoms with Gasteiger partial charge in [0.15, 0.2) is 0 Å². The van der Waals surface area contributed by atoms with Crippen molar-refractivity contribution in [2.45, 2.75) is 56.9 Å². The van der Waals surface area contributed by atoms with Gasteiger partial charge in [-0.15, -0.1) is 0 Å². The van der Waals surface area contributed by atoms with Crippen LogP contribution in [0.4, 0.5) is 4.79 Å². The standard InChI is InChI=1S/C12H20ClNO4S/c1-12(2,3)18-11(15)14-7-8-4-5-9(14)10(6-8)19(13,16)17/h8-10H,4-7H2,1-3H3. The molecule has 0 aromatic carbocycles. The van der Waals surface area contributed by atoms with E-state index in [1.54, 1.807) is 25.7 Å². The fourth-order valence-corrected chi connectivity index (χ4v) is 4.70. The van der Waals surface area contributed by atoms with Gasteiger partial charge in [-0.2, -0.15) is 0 Å². The number of rotatable bonds is 1. The summed E-state index contributed by atoms with van der Waals surface area (Å²) in [6.07, 6.45) is 1.75. The van der Waals surface area contributed by atoms with E-state index in [-0.39, 0.29) is 12.0 Å². The molecule has 3 aliphatic rings. The molecule has 1 amide bonds. The summed E-state index contributed by atoms with van der Waals surface area (Å²) in [5.41, 5.74) is -0.580. The smallest absolute Gasteiger partial charge is 0.410 e. The van der Waals surface area contributed by atoms with E-state index in [4.69, 9.17) is 15.4 Å². The number of hydrogen-bond acceptors (Lipinski definition) is 4. The summed E-state index contributed by atoms with van der Waals surface area (Å²) in [6.45, 7) is 5.96. The number of carbonyl (C=O) groups excluding carboxylic acids is 1. The number of halogens is 1. The molecule has 2 saturated heterocycles. The third kappa shape index (κ3) is 3.34. The molecule has 0 N–H and O–H groups in total. The summed E-state index contributed by atoms with van der Waals surface area (Å²) in [5, 5.41) is -0.658. The zero-order valence-electron chi connectivity index (χ0n) is 11.4. The molecule has 1 saturated carbocycles. The highest BCUT2D eigenvalue weighted by Crippen LogP contribution is 2.40. The summed E-state index contributed by atoms with van der Waals surface area (Å²) in [5.74, 6) is 0.205. The van der Waals surface area contributed by atoms with Crippen molar-refractivity contribution in [2.24, 2.45) is 5.92 Å². The number of ether oxygens (including phenoxy) is 1. The molecule has 3 atom stereocenters. The van der Waals surface area contributed by atoms with Crippen molar-refractivity contribution < 1.29 is 17.9 Å². The summed E-state index contributed by atoms with van der Waals surface area (Å²) in [7, 11) is 1.86. The Bertz CT molecular complexity index is 471. The molecule has 3 fully saturated rings. The predicted octanol–water partition coefficient (Wildman–Crippen LogP) is 2.34. The summed E-state index contributed by atoms with van der Waals surface area (Å²) in [6, 6.07) is -0.345. The van der Waals surface area contributed by atoms with Crippen molar-refractivity contribution in [2.75, 3.05) is 6.54 Å². The zero-order chi connectivity index (χ0) is 14.4. The van der Waals surface area contributed by atoms with Gasteiger partial charge < -0.3 is 9.64 Å². The average molecular weight is 310 g/mol. The van der Waals surface area contributed by atoms with Gasteiger partial charge in [-0.1, -0.05) is 0 Å². The third-order valence-electron chi connectivity index (χ3n) is 3.71. The number of fused-ring (bicyclic) bond motifs is 3. The maximum atomic E-state index is 12.1. The minimum absolute atomic E-state index is 0.205. The van der Waals surface area contributed by atoms with Gasteiger partial charge >= 0.3 is 6.09 Å². The lowest BCUT2D eigenvalue weighted by Gasteiger charge is -2.48. The van der Waals surface area contributed by atoms with Crippen LogP contribution in [0.25, 0.3) is 0 Å². The molecule has 3 unspecified atom stereocenters. The van der Waals surface area contributed by atoms with Crippen molar-refractivity contribution in [3.63, 3.8) is 0 Å². The van der Waals surface area contributed by atoms with Crippen LogP contribution in [0.5, 0.6) is 0 Å². The van der Waals surface area contributed by atoms with Crippen molar-refractivity contribution in [3.05, 3.63) is 0 Å². The molecule has 19 heavy (non-hydrogen) atoms. The van der Waals surface area contributed by atoms with Crippen molar-refractivity contribution >= 4 is 25.8 Å². The highest BCUT2D eigenvalue weighted by Gasteiger charge is 2.48. The van der Waals surface area contributed by atoms with E-state index in [0.717, 1.165) is 6.42 Å². The molecule has 2 heterocycles. The van der Waals surface area contributed by atoms with E-state index >= 15 is 0 Å². The fourth-order valence-electron chi connectivity index (χ4n) is 2.96. The molecule has 2 bridgehead atoms. The second-order valence-corrected chi connectivity index (χ2v) is 9.24. The normalized spacial score (nSPS) is 31.4. The van der Waals surface area contributed by atoms with E-state index < -0.39 is 26.0 Å². The Labute approximate surface area is 118 Å². The monoisotopic (exact) mass is 309 g/mol. The maximum Gasteiger partial charge on any atom is 0.410 e. The number of carbonyl (C=O) groups is 1. The van der Waals surface area contributed by atoms with Gasteiger partial charge in [0.25, 0.3) is 0 Å². The third-order valence-corrected chi connectivity index (χ3v) is 5.63. The van der Waals surface area contributed by atoms with Gasteiger partial charge in [-0.25, -0.2) is 13.2 Å². The first-order valence-corrected chi connectivity index (χ1v) is 8.88. The lowest BCUT2D eigenvalue weighted by atomic mass is 9.80. The Balaban J connectivity index is 2.17. The lowest BCUT2D eigenvalue weighted by molar-refractivity contribution is -0.0109. The summed E-state index contributed by atoms with van der Waals surface area (Å²) < 4.78 is 28.6. The van der Waals surface area contributed by atoms with Crippen LogP contribution >= 0.6 is 10.7 Å². The molecule has 0 aromatic heterocycles. The van der Waals surface area contributed by atoms with E-state index in [0.29, 0.717) is 19.4 Å². The van der Waals surface area contributed by atoms with Gasteiger partial charge in [0.2, 0.25) is 9.05 Å². The largest absolute Gasteiger partial charge is 0.444 e. The lowest BCUT2D eigenvalue weighted by Crippen LogP contribution is -2.59. The first kappa shape index (κ1) is 14.9. The van der Waals surface area contributed by atoms with E-state index in [9.17, 15) is 13.2 Å². The molecule has 0 aromatic rings. The maximum absolute atomic E-state index is 12.1. The quantitative estimate of drug-likeness (QED) is 0.697. The molecule has 5 nitrogen and oxygen atoms in total. The Morgan fingerprint density at radius 1 is 1.32 bits per heavy atom. The highest BCUT2D eigenvalue weighted by atomic mass is 35.7. The van der Waals surface area contributed by atoms with Gasteiger partial charge in [0, 0.05) is 17.2 Å². The van der Waals surface area contributed by atoms with Crippen LogP contribution < -0.4 is 0 Å². The summed E-state index contributed by atoms with van der Waals surface area (Å²) >= 11 is 0. The van der Waals surface area contributed by atoms with Crippen LogP contribution in [0, 0.1) is 5.92 Å². The number of piperidine rings is 2. The molecule has 0 radical (unpaired) electrons. The van der Waals surface area contributed by atoms with Crippen LogP contribution in [-0.2, 0) is 13.8 Å². The topological polar surface area (TPSA) is 63.7 Å². The Morgan fingerprint density at radius 2 is 1.95 bits per heavy atom.